The Bertz CT molecular complexity index is 520. The molecule has 1 heterocycles. The second-order valence-electron chi connectivity index (χ2n) is 4.75. The first-order valence-corrected chi connectivity index (χ1v) is 7.23. The van der Waals surface area contributed by atoms with E-state index in [1.54, 1.807) is 6.20 Å². The Morgan fingerprint density at radius 2 is 2.00 bits per heavy atom. The highest BCUT2D eigenvalue weighted by Crippen LogP contribution is 2.10. The highest BCUT2D eigenvalue weighted by molar-refractivity contribution is 6.30. The molecule has 0 aliphatic rings. The predicted molar refractivity (Wildman–Crippen MR) is 83.1 cm³/mol. The number of halogens is 1. The zero-order valence-electron chi connectivity index (χ0n) is 11.7. The number of aliphatic hydroxyl groups excluding tert-OH is 1. The second kappa shape index (κ2) is 8.74. The minimum Gasteiger partial charge on any atom is -0.389 e. The van der Waals surface area contributed by atoms with Gasteiger partial charge in [0.25, 0.3) is 0 Å². The third-order valence-electron chi connectivity index (χ3n) is 2.90. The third-order valence-corrected chi connectivity index (χ3v) is 3.16. The van der Waals surface area contributed by atoms with E-state index in [4.69, 9.17) is 16.3 Å². The van der Waals surface area contributed by atoms with Crippen LogP contribution in [0.15, 0.2) is 48.7 Å². The first kappa shape index (κ1) is 15.9. The zero-order valence-corrected chi connectivity index (χ0v) is 12.5. The number of hydrogen-bond acceptors (Lipinski definition) is 4. The van der Waals surface area contributed by atoms with E-state index >= 15 is 0 Å². The summed E-state index contributed by atoms with van der Waals surface area (Å²) in [5, 5.41) is 13.7. The first-order valence-electron chi connectivity index (χ1n) is 6.85. The molecule has 5 heteroatoms. The average Bonchev–Trinajstić information content (AvgIpc) is 2.50. The largest absolute Gasteiger partial charge is 0.389 e. The normalized spacial score (nSPS) is 12.3. The highest BCUT2D eigenvalue weighted by atomic mass is 35.5. The number of rotatable bonds is 8. The molecule has 0 aliphatic carbocycles. The Morgan fingerprint density at radius 1 is 1.19 bits per heavy atom. The Kier molecular flexibility index (Phi) is 6.63. The monoisotopic (exact) mass is 306 g/mol. The summed E-state index contributed by atoms with van der Waals surface area (Å²) < 4.78 is 5.48. The molecule has 2 N–H and O–H groups in total. The van der Waals surface area contributed by atoms with Crippen LogP contribution in [0.5, 0.6) is 0 Å². The van der Waals surface area contributed by atoms with Crippen LogP contribution >= 0.6 is 11.6 Å². The zero-order chi connectivity index (χ0) is 14.9. The van der Waals surface area contributed by atoms with Crippen molar-refractivity contribution in [2.75, 3.05) is 13.2 Å². The lowest BCUT2D eigenvalue weighted by Gasteiger charge is -2.12. The van der Waals surface area contributed by atoms with Gasteiger partial charge in [-0.15, -0.1) is 0 Å². The maximum Gasteiger partial charge on any atom is 0.0897 e. The molecule has 0 radical (unpaired) electrons. The van der Waals surface area contributed by atoms with Crippen LogP contribution in [0, 0.1) is 0 Å². The Balaban J connectivity index is 1.59. The standard InChI is InChI=1S/C16H19ClN2O2/c17-14-6-4-13(5-7-14)11-21-12-16(20)10-18-9-15-3-1-2-8-19-15/h1-8,16,18,20H,9-12H2. The molecule has 2 aromatic rings. The number of aliphatic hydroxyl groups is 1. The van der Waals surface area contributed by atoms with Crippen LogP contribution in [0.1, 0.15) is 11.3 Å². The van der Waals surface area contributed by atoms with Gasteiger partial charge in [-0.3, -0.25) is 4.98 Å². The van der Waals surface area contributed by atoms with E-state index in [-0.39, 0.29) is 6.61 Å². The van der Waals surface area contributed by atoms with Gasteiger partial charge in [-0.25, -0.2) is 0 Å². The van der Waals surface area contributed by atoms with Crippen molar-refractivity contribution >= 4 is 11.6 Å². The van der Waals surface area contributed by atoms with Gasteiger partial charge in [0.05, 0.1) is 25.0 Å². The van der Waals surface area contributed by atoms with E-state index in [0.29, 0.717) is 24.7 Å². The lowest BCUT2D eigenvalue weighted by Crippen LogP contribution is -2.30. The van der Waals surface area contributed by atoms with Gasteiger partial charge in [-0.2, -0.15) is 0 Å². The summed E-state index contributed by atoms with van der Waals surface area (Å²) in [6, 6.07) is 13.2. The summed E-state index contributed by atoms with van der Waals surface area (Å²) in [4.78, 5) is 4.20. The van der Waals surface area contributed by atoms with Crippen molar-refractivity contribution in [2.24, 2.45) is 0 Å². The minimum atomic E-state index is -0.541. The topological polar surface area (TPSA) is 54.4 Å². The first-order chi connectivity index (χ1) is 10.2. The Labute approximate surface area is 129 Å². The van der Waals surface area contributed by atoms with Crippen LogP contribution < -0.4 is 5.32 Å². The van der Waals surface area contributed by atoms with Crippen LogP contribution in [0.3, 0.4) is 0 Å². The molecule has 0 fully saturated rings. The van der Waals surface area contributed by atoms with Crippen molar-refractivity contribution < 1.29 is 9.84 Å². The molecule has 1 unspecified atom stereocenters. The predicted octanol–water partition coefficient (Wildman–Crippen LogP) is 2.40. The summed E-state index contributed by atoms with van der Waals surface area (Å²) in [5.74, 6) is 0. The van der Waals surface area contributed by atoms with Crippen LogP contribution in [0.2, 0.25) is 5.02 Å². The SMILES string of the molecule is OC(CNCc1ccccn1)COCc1ccc(Cl)cc1. The van der Waals surface area contributed by atoms with Crippen molar-refractivity contribution in [2.45, 2.75) is 19.3 Å². The fourth-order valence-corrected chi connectivity index (χ4v) is 1.95. The summed E-state index contributed by atoms with van der Waals surface area (Å²) >= 11 is 5.81. The molecule has 0 saturated carbocycles. The average molecular weight is 307 g/mol. The minimum absolute atomic E-state index is 0.290. The number of nitrogens with one attached hydrogen (secondary N) is 1. The Morgan fingerprint density at radius 3 is 2.71 bits per heavy atom. The molecular weight excluding hydrogens is 288 g/mol. The maximum atomic E-state index is 9.82. The summed E-state index contributed by atoms with van der Waals surface area (Å²) in [5.41, 5.74) is 1.99. The van der Waals surface area contributed by atoms with E-state index in [1.165, 1.54) is 0 Å². The quantitative estimate of drug-likeness (QED) is 0.786. The van der Waals surface area contributed by atoms with Crippen molar-refractivity contribution in [3.05, 3.63) is 64.9 Å². The van der Waals surface area contributed by atoms with Crippen molar-refractivity contribution in [3.63, 3.8) is 0 Å². The molecule has 0 amide bonds. The Hall–Kier alpha value is -1.46. The summed E-state index contributed by atoms with van der Waals surface area (Å²) in [6.07, 6.45) is 1.21. The fourth-order valence-electron chi connectivity index (χ4n) is 1.82. The molecule has 21 heavy (non-hydrogen) atoms. The smallest absolute Gasteiger partial charge is 0.0897 e. The third kappa shape index (κ3) is 6.23. The number of hydrogen-bond donors (Lipinski definition) is 2. The maximum absolute atomic E-state index is 9.82. The molecule has 0 bridgehead atoms. The number of ether oxygens (including phenoxy) is 1. The van der Waals surface area contributed by atoms with Gasteiger partial charge in [-0.05, 0) is 29.8 Å². The van der Waals surface area contributed by atoms with Crippen molar-refractivity contribution in [1.82, 2.24) is 10.3 Å². The van der Waals surface area contributed by atoms with E-state index in [2.05, 4.69) is 10.3 Å². The van der Waals surface area contributed by atoms with Gasteiger partial charge < -0.3 is 15.2 Å². The summed E-state index contributed by atoms with van der Waals surface area (Å²) in [7, 11) is 0. The van der Waals surface area contributed by atoms with Gasteiger partial charge in [0.2, 0.25) is 0 Å². The van der Waals surface area contributed by atoms with Gasteiger partial charge in [0.15, 0.2) is 0 Å². The van der Waals surface area contributed by atoms with Gasteiger partial charge in [0, 0.05) is 24.3 Å². The van der Waals surface area contributed by atoms with E-state index in [1.807, 2.05) is 42.5 Å². The van der Waals surface area contributed by atoms with Gasteiger partial charge >= 0.3 is 0 Å². The van der Waals surface area contributed by atoms with Crippen LogP contribution in [0.4, 0.5) is 0 Å². The van der Waals surface area contributed by atoms with Crippen molar-refractivity contribution in [1.29, 1.82) is 0 Å². The summed E-state index contributed by atoms with van der Waals surface area (Å²) in [6.45, 7) is 1.86. The van der Waals surface area contributed by atoms with Crippen LogP contribution in [0.25, 0.3) is 0 Å². The highest BCUT2D eigenvalue weighted by Gasteiger charge is 2.04. The van der Waals surface area contributed by atoms with E-state index < -0.39 is 6.10 Å². The lowest BCUT2D eigenvalue weighted by atomic mass is 10.2. The second-order valence-corrected chi connectivity index (χ2v) is 5.18. The van der Waals surface area contributed by atoms with E-state index in [0.717, 1.165) is 11.3 Å². The van der Waals surface area contributed by atoms with Crippen LogP contribution in [-0.2, 0) is 17.9 Å². The van der Waals surface area contributed by atoms with Gasteiger partial charge in [0.1, 0.15) is 0 Å². The lowest BCUT2D eigenvalue weighted by molar-refractivity contribution is 0.0287. The number of aromatic nitrogens is 1. The van der Waals surface area contributed by atoms with Gasteiger partial charge in [-0.1, -0.05) is 29.8 Å². The molecule has 4 nitrogen and oxygen atoms in total. The number of nitrogens with zero attached hydrogens (tertiary/aromatic N) is 1. The number of benzene rings is 1. The van der Waals surface area contributed by atoms with Crippen molar-refractivity contribution in [3.8, 4) is 0 Å². The molecule has 0 aliphatic heterocycles. The van der Waals surface area contributed by atoms with Crippen LogP contribution in [-0.4, -0.2) is 29.3 Å². The fraction of sp³-hybridized carbons (Fsp3) is 0.312. The van der Waals surface area contributed by atoms with E-state index in [9.17, 15) is 5.11 Å². The molecular formula is C16H19ClN2O2. The molecule has 1 atom stereocenters. The molecule has 1 aromatic carbocycles. The molecule has 2 rings (SSSR count). The number of pyridine rings is 1. The molecule has 112 valence electrons. The molecule has 0 saturated heterocycles. The molecule has 0 spiro atoms. The molecule has 1 aromatic heterocycles.